The second-order valence-electron chi connectivity index (χ2n) is 2.48. The maximum absolute atomic E-state index is 10.5. The molecule has 0 radical (unpaired) electrons. The van der Waals surface area contributed by atoms with Crippen molar-refractivity contribution in [1.82, 2.24) is 4.98 Å². The number of pyridine rings is 1. The van der Waals surface area contributed by atoms with Gasteiger partial charge in [0, 0.05) is 24.1 Å². The van der Waals surface area contributed by atoms with E-state index in [0.717, 1.165) is 0 Å². The Morgan fingerprint density at radius 2 is 2.36 bits per heavy atom. The molecule has 1 aromatic heterocycles. The number of nitrogens with zero attached hydrogens (tertiary/aromatic N) is 1. The lowest BCUT2D eigenvalue weighted by molar-refractivity contribution is 0.0690. The molecule has 0 spiro atoms. The molecule has 1 rings (SSSR count). The van der Waals surface area contributed by atoms with Crippen molar-refractivity contribution in [1.29, 1.82) is 0 Å². The Bertz CT molecular complexity index is 375. The number of alkyl halides is 1. The lowest BCUT2D eigenvalue weighted by atomic mass is 10.2. The van der Waals surface area contributed by atoms with Gasteiger partial charge < -0.3 is 5.11 Å². The molecule has 1 heterocycles. The molecule has 0 fully saturated rings. The third kappa shape index (κ3) is 3.08. The molecule has 0 aliphatic carbocycles. The number of hydrogen-bond donors (Lipinski definition) is 1. The summed E-state index contributed by atoms with van der Waals surface area (Å²) in [5, 5.41) is 8.57. The molecule has 0 amide bonds. The van der Waals surface area contributed by atoms with Gasteiger partial charge in [0.05, 0.1) is 0 Å². The number of aromatic nitrogens is 1. The van der Waals surface area contributed by atoms with Crippen molar-refractivity contribution >= 4 is 17.6 Å². The summed E-state index contributed by atoms with van der Waals surface area (Å²) in [7, 11) is 0. The zero-order chi connectivity index (χ0) is 10.4. The number of aromatic carboxylic acids is 1. The highest BCUT2D eigenvalue weighted by atomic mass is 35.5. The minimum atomic E-state index is -1.04. The number of hydrogen-bond acceptors (Lipinski definition) is 2. The van der Waals surface area contributed by atoms with E-state index in [1.54, 1.807) is 6.07 Å². The molecule has 3 nitrogen and oxygen atoms in total. The lowest BCUT2D eigenvalue weighted by Crippen LogP contribution is -1.99. The summed E-state index contributed by atoms with van der Waals surface area (Å²) in [5.74, 6) is 5.11. The van der Waals surface area contributed by atoms with E-state index >= 15 is 0 Å². The molecule has 4 heteroatoms. The van der Waals surface area contributed by atoms with Crippen LogP contribution in [-0.4, -0.2) is 21.9 Å². The minimum absolute atomic E-state index is 0.0212. The van der Waals surface area contributed by atoms with Crippen molar-refractivity contribution in [2.24, 2.45) is 0 Å². The number of halogens is 1. The maximum atomic E-state index is 10.5. The van der Waals surface area contributed by atoms with Crippen molar-refractivity contribution in [3.63, 3.8) is 0 Å². The predicted octanol–water partition coefficient (Wildman–Crippen LogP) is 1.76. The van der Waals surface area contributed by atoms with Gasteiger partial charge in [0.25, 0.3) is 0 Å². The Hall–Kier alpha value is -1.53. The van der Waals surface area contributed by atoms with E-state index in [-0.39, 0.29) is 5.69 Å². The van der Waals surface area contributed by atoms with Crippen LogP contribution in [0.2, 0.25) is 0 Å². The molecular weight excluding hydrogens is 202 g/mol. The van der Waals surface area contributed by atoms with Crippen molar-refractivity contribution in [2.75, 3.05) is 5.88 Å². The second-order valence-corrected chi connectivity index (χ2v) is 2.86. The second kappa shape index (κ2) is 5.25. The zero-order valence-electron chi connectivity index (χ0n) is 7.33. The standard InChI is InChI=1S/C10H8ClNO2/c11-6-2-1-3-8-4-5-9(10(13)14)12-7-8/h4-5,7H,2,6H2,(H,13,14). The first-order valence-corrected chi connectivity index (χ1v) is 4.51. The van der Waals surface area contributed by atoms with Crippen LogP contribution in [0.4, 0.5) is 0 Å². The quantitative estimate of drug-likeness (QED) is 0.597. The third-order valence-corrected chi connectivity index (χ3v) is 1.62. The molecule has 0 bridgehead atoms. The van der Waals surface area contributed by atoms with Gasteiger partial charge in [-0.2, -0.15) is 0 Å². The Kier molecular flexibility index (Phi) is 3.96. The molecular formula is C10H8ClNO2. The van der Waals surface area contributed by atoms with Crippen LogP contribution in [0.25, 0.3) is 0 Å². The molecule has 0 aliphatic rings. The fourth-order valence-corrected chi connectivity index (χ4v) is 0.901. The average Bonchev–Trinajstić information content (AvgIpc) is 2.19. The van der Waals surface area contributed by atoms with Crippen molar-refractivity contribution in [3.05, 3.63) is 29.6 Å². The van der Waals surface area contributed by atoms with Gasteiger partial charge in [-0.05, 0) is 12.1 Å². The van der Waals surface area contributed by atoms with Crippen LogP contribution in [0.15, 0.2) is 18.3 Å². The largest absolute Gasteiger partial charge is 0.477 e. The maximum Gasteiger partial charge on any atom is 0.354 e. The van der Waals surface area contributed by atoms with Crippen LogP contribution in [0.3, 0.4) is 0 Å². The number of carbonyl (C=O) groups is 1. The first-order valence-electron chi connectivity index (χ1n) is 3.98. The normalized spacial score (nSPS) is 8.93. The van der Waals surface area contributed by atoms with Crippen molar-refractivity contribution in [3.8, 4) is 11.8 Å². The van der Waals surface area contributed by atoms with Gasteiger partial charge in [-0.25, -0.2) is 9.78 Å². The van der Waals surface area contributed by atoms with Gasteiger partial charge in [0.1, 0.15) is 5.69 Å². The van der Waals surface area contributed by atoms with Gasteiger partial charge >= 0.3 is 5.97 Å². The third-order valence-electron chi connectivity index (χ3n) is 1.43. The summed E-state index contributed by atoms with van der Waals surface area (Å²) in [6, 6.07) is 3.05. The van der Waals surface area contributed by atoms with Crippen molar-refractivity contribution < 1.29 is 9.90 Å². The predicted molar refractivity (Wildman–Crippen MR) is 53.4 cm³/mol. The monoisotopic (exact) mass is 209 g/mol. The molecule has 0 saturated heterocycles. The molecule has 14 heavy (non-hydrogen) atoms. The lowest BCUT2D eigenvalue weighted by Gasteiger charge is -1.92. The molecule has 0 atom stereocenters. The van der Waals surface area contributed by atoms with E-state index < -0.39 is 5.97 Å². The highest BCUT2D eigenvalue weighted by Gasteiger charge is 2.01. The Balaban J connectivity index is 2.75. The fraction of sp³-hybridized carbons (Fsp3) is 0.200. The average molecular weight is 210 g/mol. The summed E-state index contributed by atoms with van der Waals surface area (Å²) in [5.41, 5.74) is 0.716. The van der Waals surface area contributed by atoms with E-state index in [2.05, 4.69) is 16.8 Å². The van der Waals surface area contributed by atoms with Gasteiger partial charge in [-0.15, -0.1) is 11.6 Å². The molecule has 0 aromatic carbocycles. The van der Waals surface area contributed by atoms with Crippen LogP contribution >= 0.6 is 11.6 Å². The van der Waals surface area contributed by atoms with Crippen LogP contribution < -0.4 is 0 Å². The van der Waals surface area contributed by atoms with E-state index in [9.17, 15) is 4.79 Å². The zero-order valence-corrected chi connectivity index (χ0v) is 8.08. The summed E-state index contributed by atoms with van der Waals surface area (Å²) in [6.07, 6.45) is 2.05. The fourth-order valence-electron chi connectivity index (χ4n) is 0.806. The Morgan fingerprint density at radius 1 is 1.57 bits per heavy atom. The highest BCUT2D eigenvalue weighted by molar-refractivity contribution is 6.18. The Morgan fingerprint density at radius 3 is 2.86 bits per heavy atom. The molecule has 72 valence electrons. The van der Waals surface area contributed by atoms with Crippen molar-refractivity contribution in [2.45, 2.75) is 6.42 Å². The van der Waals surface area contributed by atoms with Gasteiger partial charge in [-0.1, -0.05) is 11.8 Å². The smallest absolute Gasteiger partial charge is 0.354 e. The van der Waals surface area contributed by atoms with Gasteiger partial charge in [-0.3, -0.25) is 0 Å². The number of carboxylic acids is 1. The molecule has 0 saturated carbocycles. The highest BCUT2D eigenvalue weighted by Crippen LogP contribution is 1.98. The van der Waals surface area contributed by atoms with E-state index in [0.29, 0.717) is 17.9 Å². The SMILES string of the molecule is O=C(O)c1ccc(C#CCCCl)cn1. The Labute approximate surface area is 86.7 Å². The van der Waals surface area contributed by atoms with E-state index in [4.69, 9.17) is 16.7 Å². The van der Waals surface area contributed by atoms with Gasteiger partial charge in [0.15, 0.2) is 0 Å². The summed E-state index contributed by atoms with van der Waals surface area (Å²) < 4.78 is 0. The van der Waals surface area contributed by atoms with E-state index in [1.807, 2.05) is 0 Å². The van der Waals surface area contributed by atoms with Crippen LogP contribution in [-0.2, 0) is 0 Å². The topological polar surface area (TPSA) is 50.2 Å². The van der Waals surface area contributed by atoms with Crippen LogP contribution in [0, 0.1) is 11.8 Å². The molecule has 0 aliphatic heterocycles. The van der Waals surface area contributed by atoms with E-state index in [1.165, 1.54) is 12.3 Å². The summed E-state index contributed by atoms with van der Waals surface area (Å²) >= 11 is 5.44. The number of rotatable bonds is 2. The molecule has 0 unspecified atom stereocenters. The summed E-state index contributed by atoms with van der Waals surface area (Å²) in [6.45, 7) is 0. The summed E-state index contributed by atoms with van der Waals surface area (Å²) in [4.78, 5) is 14.2. The first-order chi connectivity index (χ1) is 6.74. The van der Waals surface area contributed by atoms with Crippen LogP contribution in [0.5, 0.6) is 0 Å². The minimum Gasteiger partial charge on any atom is -0.477 e. The van der Waals surface area contributed by atoms with Gasteiger partial charge in [0.2, 0.25) is 0 Å². The number of carboxylic acid groups (broad SMARTS) is 1. The molecule has 1 aromatic rings. The van der Waals surface area contributed by atoms with Crippen LogP contribution in [0.1, 0.15) is 22.5 Å². The molecule has 1 N–H and O–H groups in total. The first kappa shape index (κ1) is 10.6.